The van der Waals surface area contributed by atoms with Crippen LogP contribution in [0.5, 0.6) is 5.75 Å². The molecule has 0 spiro atoms. The Morgan fingerprint density at radius 3 is 2.05 bits per heavy atom. The maximum absolute atomic E-state index is 13.1. The first-order valence-corrected chi connectivity index (χ1v) is 12.7. The summed E-state index contributed by atoms with van der Waals surface area (Å²) in [6.07, 6.45) is 0.249. The van der Waals surface area contributed by atoms with E-state index < -0.39 is 12.0 Å². The van der Waals surface area contributed by atoms with Crippen LogP contribution in [-0.2, 0) is 17.8 Å². The van der Waals surface area contributed by atoms with Crippen molar-refractivity contribution in [2.24, 2.45) is 0 Å². The van der Waals surface area contributed by atoms with Crippen LogP contribution in [0.4, 0.5) is 5.69 Å². The summed E-state index contributed by atoms with van der Waals surface area (Å²) in [5.74, 6) is -0.424. The number of carbonyl (C=O) groups is 2. The number of carboxylic acids is 1. The van der Waals surface area contributed by atoms with Gasteiger partial charge in [0.25, 0.3) is 0 Å². The van der Waals surface area contributed by atoms with Crippen molar-refractivity contribution >= 4 is 17.4 Å². The molecule has 5 nitrogen and oxygen atoms in total. The minimum Gasteiger partial charge on any atom is -0.489 e. The summed E-state index contributed by atoms with van der Waals surface area (Å²) in [7, 11) is 0. The van der Waals surface area contributed by atoms with Gasteiger partial charge in [0.2, 0.25) is 0 Å². The van der Waals surface area contributed by atoms with Crippen molar-refractivity contribution in [2.45, 2.75) is 46.8 Å². The number of ether oxygens (including phenoxy) is 1. The number of ketones is 1. The SMILES string of the molecule is Cc1cc(C)c(C)c(COc2ccc(C[C@H](Nc3ccccc3C(=O)c3ccccc3)C(=O)O)cc2)c1C. The molecular weight excluding hydrogens is 474 g/mol. The Kier molecular flexibility index (Phi) is 8.27. The van der Waals surface area contributed by atoms with Crippen molar-refractivity contribution in [1.82, 2.24) is 0 Å². The van der Waals surface area contributed by atoms with Gasteiger partial charge in [0.15, 0.2) is 5.78 Å². The first-order valence-electron chi connectivity index (χ1n) is 12.7. The van der Waals surface area contributed by atoms with Gasteiger partial charge in [-0.25, -0.2) is 4.79 Å². The number of carbonyl (C=O) groups excluding carboxylic acids is 1. The topological polar surface area (TPSA) is 75.6 Å². The molecule has 38 heavy (non-hydrogen) atoms. The summed E-state index contributed by atoms with van der Waals surface area (Å²) in [5, 5.41) is 13.0. The lowest BCUT2D eigenvalue weighted by Crippen LogP contribution is -2.32. The second kappa shape index (κ2) is 11.8. The number of hydrogen-bond acceptors (Lipinski definition) is 4. The number of benzene rings is 4. The van der Waals surface area contributed by atoms with Gasteiger partial charge in [-0.3, -0.25) is 4.79 Å². The second-order valence-corrected chi connectivity index (χ2v) is 9.65. The summed E-state index contributed by atoms with van der Waals surface area (Å²) >= 11 is 0. The number of para-hydroxylation sites is 1. The first kappa shape index (κ1) is 26.7. The zero-order chi connectivity index (χ0) is 27.2. The number of rotatable bonds is 10. The van der Waals surface area contributed by atoms with Crippen LogP contribution in [0.15, 0.2) is 84.9 Å². The number of aryl methyl sites for hydroxylation is 2. The van der Waals surface area contributed by atoms with Crippen LogP contribution >= 0.6 is 0 Å². The lowest BCUT2D eigenvalue weighted by atomic mass is 9.95. The van der Waals surface area contributed by atoms with E-state index in [2.05, 4.69) is 39.1 Å². The van der Waals surface area contributed by atoms with Gasteiger partial charge in [-0.2, -0.15) is 0 Å². The predicted octanol–water partition coefficient (Wildman–Crippen LogP) is 6.84. The van der Waals surface area contributed by atoms with E-state index >= 15 is 0 Å². The molecule has 0 aliphatic heterocycles. The molecule has 0 radical (unpaired) electrons. The average molecular weight is 508 g/mol. The molecule has 0 fully saturated rings. The van der Waals surface area contributed by atoms with Crippen LogP contribution in [-0.4, -0.2) is 22.9 Å². The van der Waals surface area contributed by atoms with E-state index in [4.69, 9.17) is 4.74 Å². The minimum absolute atomic E-state index is 0.159. The van der Waals surface area contributed by atoms with Crippen LogP contribution in [0.3, 0.4) is 0 Å². The molecule has 0 saturated carbocycles. The van der Waals surface area contributed by atoms with E-state index in [1.165, 1.54) is 27.8 Å². The summed E-state index contributed by atoms with van der Waals surface area (Å²) in [6.45, 7) is 8.94. The zero-order valence-corrected chi connectivity index (χ0v) is 22.2. The highest BCUT2D eigenvalue weighted by Crippen LogP contribution is 2.25. The first-order chi connectivity index (χ1) is 18.2. The normalized spacial score (nSPS) is 11.6. The largest absolute Gasteiger partial charge is 0.489 e. The molecule has 4 aromatic carbocycles. The minimum atomic E-state index is -0.993. The van der Waals surface area contributed by atoms with Crippen molar-refractivity contribution in [3.63, 3.8) is 0 Å². The number of anilines is 1. The molecule has 194 valence electrons. The third kappa shape index (κ3) is 6.12. The molecule has 0 saturated heterocycles. The molecule has 0 aromatic heterocycles. The van der Waals surface area contributed by atoms with Gasteiger partial charge in [0, 0.05) is 23.2 Å². The highest BCUT2D eigenvalue weighted by molar-refractivity contribution is 6.12. The van der Waals surface area contributed by atoms with Gasteiger partial charge >= 0.3 is 5.97 Å². The zero-order valence-electron chi connectivity index (χ0n) is 22.2. The molecule has 0 aliphatic rings. The Morgan fingerprint density at radius 2 is 1.42 bits per heavy atom. The van der Waals surface area contributed by atoms with Gasteiger partial charge < -0.3 is 15.2 Å². The van der Waals surface area contributed by atoms with E-state index in [-0.39, 0.29) is 12.2 Å². The van der Waals surface area contributed by atoms with Gasteiger partial charge in [0.05, 0.1) is 0 Å². The Hall–Kier alpha value is -4.38. The van der Waals surface area contributed by atoms with Crippen molar-refractivity contribution in [1.29, 1.82) is 0 Å². The summed E-state index contributed by atoms with van der Waals surface area (Å²) in [6, 6.07) is 24.8. The lowest BCUT2D eigenvalue weighted by molar-refractivity contribution is -0.137. The number of aliphatic carboxylic acids is 1. The van der Waals surface area contributed by atoms with E-state index in [9.17, 15) is 14.7 Å². The summed E-state index contributed by atoms with van der Waals surface area (Å²) in [5.41, 5.74) is 8.52. The van der Waals surface area contributed by atoms with E-state index in [0.717, 1.165) is 11.3 Å². The highest BCUT2D eigenvalue weighted by Gasteiger charge is 2.21. The molecule has 0 aliphatic carbocycles. The third-order valence-corrected chi connectivity index (χ3v) is 7.10. The fourth-order valence-electron chi connectivity index (χ4n) is 4.57. The molecule has 0 amide bonds. The van der Waals surface area contributed by atoms with Gasteiger partial charge in [-0.05, 0) is 85.3 Å². The molecule has 0 unspecified atom stereocenters. The van der Waals surface area contributed by atoms with Crippen molar-refractivity contribution in [3.05, 3.63) is 129 Å². The molecule has 1 atom stereocenters. The van der Waals surface area contributed by atoms with E-state index in [1.54, 1.807) is 48.5 Å². The second-order valence-electron chi connectivity index (χ2n) is 9.65. The van der Waals surface area contributed by atoms with E-state index in [1.807, 2.05) is 30.3 Å². The molecule has 2 N–H and O–H groups in total. The molecule has 0 heterocycles. The van der Waals surface area contributed by atoms with Crippen molar-refractivity contribution in [3.8, 4) is 5.75 Å². The standard InChI is InChI=1S/C33H33NO4/c1-21-18-22(2)24(4)29(23(21)3)20-38-27-16-14-25(15-17-27)19-31(33(36)37)34-30-13-9-8-12-28(30)32(35)26-10-6-5-7-11-26/h5-18,31,34H,19-20H2,1-4H3,(H,36,37)/t31-/m0/s1. The van der Waals surface area contributed by atoms with Crippen LogP contribution < -0.4 is 10.1 Å². The molecular formula is C33H33NO4. The third-order valence-electron chi connectivity index (χ3n) is 7.10. The number of carboxylic acid groups (broad SMARTS) is 1. The van der Waals surface area contributed by atoms with Gasteiger partial charge in [-0.15, -0.1) is 0 Å². The quantitative estimate of drug-likeness (QED) is 0.230. The van der Waals surface area contributed by atoms with Gasteiger partial charge in [-0.1, -0.05) is 60.7 Å². The monoisotopic (exact) mass is 507 g/mol. The molecule has 4 rings (SSSR count). The van der Waals surface area contributed by atoms with Gasteiger partial charge in [0.1, 0.15) is 18.4 Å². The van der Waals surface area contributed by atoms with Crippen molar-refractivity contribution in [2.75, 3.05) is 5.32 Å². The van der Waals surface area contributed by atoms with Crippen LogP contribution in [0.1, 0.15) is 49.3 Å². The molecule has 0 bridgehead atoms. The Balaban J connectivity index is 1.46. The molecule has 4 aromatic rings. The maximum Gasteiger partial charge on any atom is 0.326 e. The Bertz CT molecular complexity index is 1420. The lowest BCUT2D eigenvalue weighted by Gasteiger charge is -2.19. The number of hydrogen-bond donors (Lipinski definition) is 2. The fraction of sp³-hybridized carbons (Fsp3) is 0.212. The maximum atomic E-state index is 13.1. The van der Waals surface area contributed by atoms with Crippen LogP contribution in [0.25, 0.3) is 0 Å². The smallest absolute Gasteiger partial charge is 0.326 e. The van der Waals surface area contributed by atoms with Crippen LogP contribution in [0.2, 0.25) is 0 Å². The summed E-state index contributed by atoms with van der Waals surface area (Å²) < 4.78 is 6.08. The highest BCUT2D eigenvalue weighted by atomic mass is 16.5. The Labute approximate surface area is 224 Å². The summed E-state index contributed by atoms with van der Waals surface area (Å²) in [4.78, 5) is 25.2. The fourth-order valence-corrected chi connectivity index (χ4v) is 4.57. The Morgan fingerprint density at radius 1 is 0.816 bits per heavy atom. The average Bonchev–Trinajstić information content (AvgIpc) is 2.92. The molecule has 5 heteroatoms. The van der Waals surface area contributed by atoms with Crippen LogP contribution in [0, 0.1) is 27.7 Å². The van der Waals surface area contributed by atoms with E-state index in [0.29, 0.717) is 23.4 Å². The number of nitrogens with one attached hydrogen (secondary N) is 1. The predicted molar refractivity (Wildman–Crippen MR) is 151 cm³/mol. The van der Waals surface area contributed by atoms with Crippen molar-refractivity contribution < 1.29 is 19.4 Å².